The van der Waals surface area contributed by atoms with Crippen molar-refractivity contribution in [3.8, 4) is 0 Å². The molecule has 0 aliphatic heterocycles. The first-order valence-electron chi connectivity index (χ1n) is 4.50. The maximum Gasteiger partial charge on any atom is 0.383 e. The topological polar surface area (TPSA) is 49.3 Å². The summed E-state index contributed by atoms with van der Waals surface area (Å²) in [5.74, 6) is -6.84. The molecule has 0 aromatic carbocycles. The second-order valence-electron chi connectivity index (χ2n) is 3.21. The highest BCUT2D eigenvalue weighted by atomic mass is 32.1. The van der Waals surface area contributed by atoms with Crippen molar-refractivity contribution < 1.29 is 27.5 Å². The largest absolute Gasteiger partial charge is 0.387 e. The quantitative estimate of drug-likeness (QED) is 0.802. The zero-order chi connectivity index (χ0) is 13.1. The van der Waals surface area contributed by atoms with E-state index >= 15 is 0 Å². The van der Waals surface area contributed by atoms with E-state index in [0.717, 1.165) is 0 Å². The molecular weight excluding hydrogens is 262 g/mol. The van der Waals surface area contributed by atoms with Gasteiger partial charge in [-0.25, -0.2) is 8.78 Å². The number of carbonyl (C=O) groups is 1. The van der Waals surface area contributed by atoms with Crippen LogP contribution in [-0.4, -0.2) is 29.9 Å². The Bertz CT molecular complexity index is 369. The molecule has 17 heavy (non-hydrogen) atoms. The van der Waals surface area contributed by atoms with E-state index in [2.05, 4.69) is 0 Å². The summed E-state index contributed by atoms with van der Waals surface area (Å²) in [4.78, 5) is 10.7. The lowest BCUT2D eigenvalue weighted by atomic mass is 10.2. The van der Waals surface area contributed by atoms with E-state index in [1.807, 2.05) is 0 Å². The standard InChI is InChI=1S/C9H9F4NO2S/c10-7(11)9(12,13)8(16)14-3-6(15)5-1-2-17-4-5/h1-2,4,6-7,15H,3H2,(H,14,16). The van der Waals surface area contributed by atoms with Gasteiger partial charge >= 0.3 is 12.3 Å². The summed E-state index contributed by atoms with van der Waals surface area (Å²) in [5, 5.41) is 14.2. The summed E-state index contributed by atoms with van der Waals surface area (Å²) in [5.41, 5.74) is 0.427. The van der Waals surface area contributed by atoms with E-state index in [1.54, 1.807) is 16.1 Å². The van der Waals surface area contributed by atoms with Crippen LogP contribution in [0.4, 0.5) is 17.6 Å². The number of halogens is 4. The minimum Gasteiger partial charge on any atom is -0.387 e. The third-order valence-electron chi connectivity index (χ3n) is 1.96. The van der Waals surface area contributed by atoms with Gasteiger partial charge in [0, 0.05) is 6.54 Å². The van der Waals surface area contributed by atoms with E-state index in [-0.39, 0.29) is 0 Å². The molecule has 8 heteroatoms. The lowest BCUT2D eigenvalue weighted by Gasteiger charge is -2.16. The van der Waals surface area contributed by atoms with E-state index in [4.69, 9.17) is 0 Å². The van der Waals surface area contributed by atoms with E-state index in [1.165, 1.54) is 17.4 Å². The van der Waals surface area contributed by atoms with Gasteiger partial charge in [0.1, 0.15) is 0 Å². The third-order valence-corrected chi connectivity index (χ3v) is 2.66. The summed E-state index contributed by atoms with van der Waals surface area (Å²) in [6.45, 7) is -0.544. The number of hydrogen-bond acceptors (Lipinski definition) is 3. The summed E-state index contributed by atoms with van der Waals surface area (Å²) in [6, 6.07) is 1.53. The minimum atomic E-state index is -4.74. The smallest absolute Gasteiger partial charge is 0.383 e. The number of amides is 1. The molecule has 0 aliphatic carbocycles. The maximum absolute atomic E-state index is 12.5. The minimum absolute atomic E-state index is 0.427. The van der Waals surface area contributed by atoms with Gasteiger partial charge < -0.3 is 10.4 Å². The van der Waals surface area contributed by atoms with Gasteiger partial charge in [-0.1, -0.05) is 0 Å². The van der Waals surface area contributed by atoms with Crippen molar-refractivity contribution in [2.75, 3.05) is 6.54 Å². The van der Waals surface area contributed by atoms with Gasteiger partial charge in [0.2, 0.25) is 0 Å². The van der Waals surface area contributed by atoms with Crippen LogP contribution in [0.2, 0.25) is 0 Å². The van der Waals surface area contributed by atoms with Crippen molar-refractivity contribution in [1.82, 2.24) is 5.32 Å². The Balaban J connectivity index is 2.49. The average molecular weight is 271 g/mol. The van der Waals surface area contributed by atoms with Gasteiger partial charge in [-0.2, -0.15) is 20.1 Å². The number of hydrogen-bond donors (Lipinski definition) is 2. The molecule has 1 aromatic heterocycles. The van der Waals surface area contributed by atoms with Crippen molar-refractivity contribution in [3.05, 3.63) is 22.4 Å². The molecule has 0 bridgehead atoms. The van der Waals surface area contributed by atoms with Crippen LogP contribution in [-0.2, 0) is 4.79 Å². The molecule has 1 atom stereocenters. The zero-order valence-corrected chi connectivity index (χ0v) is 9.19. The van der Waals surface area contributed by atoms with Crippen LogP contribution < -0.4 is 5.32 Å². The predicted octanol–water partition coefficient (Wildman–Crippen LogP) is 1.80. The van der Waals surface area contributed by atoms with Crippen LogP contribution in [0.15, 0.2) is 16.8 Å². The van der Waals surface area contributed by atoms with Gasteiger partial charge in [0.25, 0.3) is 5.91 Å². The maximum atomic E-state index is 12.5. The van der Waals surface area contributed by atoms with Gasteiger partial charge in [0.15, 0.2) is 0 Å². The van der Waals surface area contributed by atoms with Crippen LogP contribution in [0.1, 0.15) is 11.7 Å². The fourth-order valence-corrected chi connectivity index (χ4v) is 1.70. The van der Waals surface area contributed by atoms with Crippen LogP contribution >= 0.6 is 11.3 Å². The Morgan fingerprint density at radius 2 is 2.18 bits per heavy atom. The first kappa shape index (κ1) is 13.9. The average Bonchev–Trinajstić information content (AvgIpc) is 2.78. The van der Waals surface area contributed by atoms with Crippen molar-refractivity contribution in [3.63, 3.8) is 0 Å². The van der Waals surface area contributed by atoms with E-state index < -0.39 is 30.9 Å². The molecule has 0 saturated heterocycles. The van der Waals surface area contributed by atoms with Gasteiger partial charge in [0.05, 0.1) is 6.10 Å². The molecule has 0 aliphatic rings. The first-order chi connectivity index (χ1) is 7.85. The molecule has 96 valence electrons. The van der Waals surface area contributed by atoms with Crippen molar-refractivity contribution in [1.29, 1.82) is 0 Å². The molecular formula is C9H9F4NO2S. The summed E-state index contributed by atoms with van der Waals surface area (Å²) in [7, 11) is 0. The number of rotatable bonds is 5. The zero-order valence-electron chi connectivity index (χ0n) is 8.37. The highest BCUT2D eigenvalue weighted by molar-refractivity contribution is 7.07. The van der Waals surface area contributed by atoms with Crippen molar-refractivity contribution in [2.24, 2.45) is 0 Å². The number of aliphatic hydroxyl groups excluding tert-OH is 1. The molecule has 0 spiro atoms. The van der Waals surface area contributed by atoms with Crippen LogP contribution in [0.3, 0.4) is 0 Å². The van der Waals surface area contributed by atoms with Gasteiger partial charge in [-0.05, 0) is 22.4 Å². The highest BCUT2D eigenvalue weighted by Gasteiger charge is 2.48. The number of carbonyl (C=O) groups excluding carboxylic acids is 1. The fraction of sp³-hybridized carbons (Fsp3) is 0.444. The van der Waals surface area contributed by atoms with Crippen LogP contribution in [0.5, 0.6) is 0 Å². The number of thiophene rings is 1. The Kier molecular flexibility index (Phi) is 4.47. The fourth-order valence-electron chi connectivity index (χ4n) is 0.989. The Morgan fingerprint density at radius 1 is 1.53 bits per heavy atom. The molecule has 0 saturated carbocycles. The molecule has 1 heterocycles. The number of nitrogens with one attached hydrogen (secondary N) is 1. The molecule has 1 unspecified atom stereocenters. The SMILES string of the molecule is O=C(NCC(O)c1ccsc1)C(F)(F)C(F)F. The number of aliphatic hydroxyl groups is 1. The predicted molar refractivity (Wildman–Crippen MR) is 53.2 cm³/mol. The molecule has 2 N–H and O–H groups in total. The van der Waals surface area contributed by atoms with Crippen LogP contribution in [0, 0.1) is 0 Å². The number of alkyl halides is 4. The molecule has 3 nitrogen and oxygen atoms in total. The Labute approximate surface area is 98.1 Å². The molecule has 1 aromatic rings. The van der Waals surface area contributed by atoms with Gasteiger partial charge in [-0.3, -0.25) is 4.79 Å². The second-order valence-corrected chi connectivity index (χ2v) is 3.99. The summed E-state index contributed by atoms with van der Waals surface area (Å²) in [6.07, 6.45) is -5.26. The Morgan fingerprint density at radius 3 is 2.65 bits per heavy atom. The van der Waals surface area contributed by atoms with E-state index in [0.29, 0.717) is 5.56 Å². The summed E-state index contributed by atoms with van der Waals surface area (Å²) >= 11 is 1.27. The molecule has 1 rings (SSSR count). The lowest BCUT2D eigenvalue weighted by molar-refractivity contribution is -0.169. The third kappa shape index (κ3) is 3.40. The highest BCUT2D eigenvalue weighted by Crippen LogP contribution is 2.23. The molecule has 0 fully saturated rings. The monoisotopic (exact) mass is 271 g/mol. The van der Waals surface area contributed by atoms with Crippen LogP contribution in [0.25, 0.3) is 0 Å². The lowest BCUT2D eigenvalue weighted by Crippen LogP contribution is -2.46. The van der Waals surface area contributed by atoms with Gasteiger partial charge in [-0.15, -0.1) is 0 Å². The van der Waals surface area contributed by atoms with E-state index in [9.17, 15) is 27.5 Å². The van der Waals surface area contributed by atoms with Crippen molar-refractivity contribution in [2.45, 2.75) is 18.5 Å². The molecule has 1 amide bonds. The summed E-state index contributed by atoms with van der Waals surface area (Å²) < 4.78 is 48.6. The second kappa shape index (κ2) is 5.46. The van der Waals surface area contributed by atoms with Crippen molar-refractivity contribution >= 4 is 17.2 Å². The Hall–Kier alpha value is -1.15. The normalized spacial score (nSPS) is 13.8. The first-order valence-corrected chi connectivity index (χ1v) is 5.44. The molecule has 0 radical (unpaired) electrons.